The number of carbonyl (C=O) groups excluding carboxylic acids is 1. The van der Waals surface area contributed by atoms with E-state index in [1.165, 1.54) is 4.57 Å². The molecule has 0 spiro atoms. The van der Waals surface area contributed by atoms with Gasteiger partial charge in [-0.15, -0.1) is 11.3 Å². The molecule has 90 valence electrons. The second kappa shape index (κ2) is 5.46. The van der Waals surface area contributed by atoms with Crippen molar-refractivity contribution in [2.75, 3.05) is 6.54 Å². The van der Waals surface area contributed by atoms with Crippen LogP contribution in [0.15, 0.2) is 4.79 Å². The Labute approximate surface area is 102 Å². The van der Waals surface area contributed by atoms with Crippen LogP contribution in [-0.4, -0.2) is 17.0 Å². The van der Waals surface area contributed by atoms with Crippen LogP contribution in [-0.2, 0) is 11.3 Å². The van der Waals surface area contributed by atoms with E-state index in [4.69, 9.17) is 5.26 Å². The third kappa shape index (κ3) is 2.45. The van der Waals surface area contributed by atoms with Crippen LogP contribution in [0.3, 0.4) is 0 Å². The quantitative estimate of drug-likeness (QED) is 0.760. The van der Waals surface area contributed by atoms with Crippen LogP contribution in [0.25, 0.3) is 12.2 Å². The zero-order chi connectivity index (χ0) is 13.0. The lowest BCUT2D eigenvalue weighted by Gasteiger charge is -2.00. The fraction of sp³-hybridized carbons (Fsp3) is 0.364. The van der Waals surface area contributed by atoms with Crippen LogP contribution in [0.2, 0.25) is 0 Å². The van der Waals surface area contributed by atoms with Crippen molar-refractivity contribution in [3.63, 3.8) is 0 Å². The molecule has 1 amide bonds. The smallest absolute Gasteiger partial charge is 0.268 e. The Balaban J connectivity index is 3.63. The minimum absolute atomic E-state index is 0.0364. The Morgan fingerprint density at radius 1 is 1.59 bits per heavy atom. The summed E-state index contributed by atoms with van der Waals surface area (Å²) >= 11 is 1.07. The molecule has 0 bridgehead atoms. The molecule has 5 nitrogen and oxygen atoms in total. The Hall–Kier alpha value is -1.87. The maximum absolute atomic E-state index is 11.7. The van der Waals surface area contributed by atoms with Gasteiger partial charge in [0.05, 0.1) is 4.53 Å². The van der Waals surface area contributed by atoms with Crippen LogP contribution < -0.4 is 20.1 Å². The van der Waals surface area contributed by atoms with Crippen LogP contribution in [0.5, 0.6) is 0 Å². The van der Waals surface area contributed by atoms with E-state index >= 15 is 0 Å². The van der Waals surface area contributed by atoms with E-state index in [2.05, 4.69) is 11.9 Å². The van der Waals surface area contributed by atoms with Gasteiger partial charge in [0.25, 0.3) is 11.5 Å². The lowest BCUT2D eigenvalue weighted by molar-refractivity contribution is -0.115. The molecule has 0 fully saturated rings. The van der Waals surface area contributed by atoms with Crippen molar-refractivity contribution in [2.45, 2.75) is 20.4 Å². The Kier molecular flexibility index (Phi) is 4.24. The molecular formula is C11H13N3O2S. The minimum atomic E-state index is -0.460. The molecule has 1 N–H and O–H groups in total. The average Bonchev–Trinajstić information content (AvgIpc) is 2.56. The van der Waals surface area contributed by atoms with Gasteiger partial charge in [-0.1, -0.05) is 6.58 Å². The number of nitrogens with one attached hydrogen (secondary N) is 1. The first kappa shape index (κ1) is 13.2. The van der Waals surface area contributed by atoms with Crippen molar-refractivity contribution < 1.29 is 4.79 Å². The zero-order valence-corrected chi connectivity index (χ0v) is 10.6. The van der Waals surface area contributed by atoms with Gasteiger partial charge < -0.3 is 5.32 Å². The molecule has 0 aliphatic carbocycles. The van der Waals surface area contributed by atoms with Gasteiger partial charge in [-0.25, -0.2) is 0 Å². The largest absolute Gasteiger partial charge is 0.352 e. The number of thiazole rings is 1. The summed E-state index contributed by atoms with van der Waals surface area (Å²) in [5.41, 5.74) is -0.282. The number of hydrogen-bond acceptors (Lipinski definition) is 4. The monoisotopic (exact) mass is 251 g/mol. The summed E-state index contributed by atoms with van der Waals surface area (Å²) in [4.78, 5) is 23.3. The van der Waals surface area contributed by atoms with Gasteiger partial charge in [-0.05, 0) is 13.8 Å². The highest BCUT2D eigenvalue weighted by Crippen LogP contribution is 1.92. The molecule has 17 heavy (non-hydrogen) atoms. The van der Waals surface area contributed by atoms with Crippen LogP contribution in [0.4, 0.5) is 0 Å². The van der Waals surface area contributed by atoms with E-state index in [0.717, 1.165) is 11.3 Å². The first-order valence-electron chi connectivity index (χ1n) is 5.17. The maximum Gasteiger partial charge on any atom is 0.268 e. The number of hydrogen-bond donors (Lipinski definition) is 1. The third-order valence-electron chi connectivity index (χ3n) is 2.16. The molecule has 0 aliphatic heterocycles. The van der Waals surface area contributed by atoms with Crippen molar-refractivity contribution in [1.82, 2.24) is 9.88 Å². The van der Waals surface area contributed by atoms with Gasteiger partial charge >= 0.3 is 0 Å². The highest BCUT2D eigenvalue weighted by molar-refractivity contribution is 7.07. The van der Waals surface area contributed by atoms with Crippen molar-refractivity contribution >= 4 is 29.4 Å². The summed E-state index contributed by atoms with van der Waals surface area (Å²) in [5, 5.41) is 11.6. The lowest BCUT2D eigenvalue weighted by atomic mass is 10.3. The normalized spacial score (nSPS) is 11.8. The van der Waals surface area contributed by atoms with E-state index in [0.29, 0.717) is 22.3 Å². The molecule has 0 saturated heterocycles. The average molecular weight is 251 g/mol. The molecule has 0 unspecified atom stereocenters. The van der Waals surface area contributed by atoms with Gasteiger partial charge in [0.2, 0.25) is 0 Å². The predicted molar refractivity (Wildman–Crippen MR) is 66.7 cm³/mol. The van der Waals surface area contributed by atoms with E-state index < -0.39 is 5.91 Å². The standard InChI is InChI=1S/C11H13N3O2S/c1-4-13-9(15)8(6-12)11-14(5-2)10(16)7(3)17-11/h3-5H2,1-2H3,(H,13,15)/b11-8-. The molecule has 6 heteroatoms. The Morgan fingerprint density at radius 2 is 2.24 bits per heavy atom. The number of aromatic nitrogens is 1. The molecule has 1 aromatic heterocycles. The fourth-order valence-electron chi connectivity index (χ4n) is 1.38. The molecule has 0 aliphatic rings. The van der Waals surface area contributed by atoms with E-state index in [-0.39, 0.29) is 11.1 Å². The lowest BCUT2D eigenvalue weighted by Crippen LogP contribution is -2.34. The summed E-state index contributed by atoms with van der Waals surface area (Å²) in [5.74, 6) is -0.460. The first-order chi connectivity index (χ1) is 8.06. The molecular weight excluding hydrogens is 238 g/mol. The summed E-state index contributed by atoms with van der Waals surface area (Å²) in [6.45, 7) is 7.99. The van der Waals surface area contributed by atoms with Crippen LogP contribution in [0.1, 0.15) is 13.8 Å². The van der Waals surface area contributed by atoms with Crippen molar-refractivity contribution in [3.8, 4) is 6.07 Å². The topological polar surface area (TPSA) is 74.9 Å². The van der Waals surface area contributed by atoms with E-state index in [1.54, 1.807) is 13.8 Å². The summed E-state index contributed by atoms with van der Waals surface area (Å²) in [6.07, 6.45) is 0. The number of carbonyl (C=O) groups is 1. The number of nitrogens with zero attached hydrogens (tertiary/aromatic N) is 2. The van der Waals surface area contributed by atoms with Crippen LogP contribution >= 0.6 is 11.3 Å². The number of nitriles is 1. The Morgan fingerprint density at radius 3 is 2.71 bits per heavy atom. The van der Waals surface area contributed by atoms with Gasteiger partial charge in [0.15, 0.2) is 5.57 Å². The van der Waals surface area contributed by atoms with Gasteiger partial charge in [-0.3, -0.25) is 14.2 Å². The minimum Gasteiger partial charge on any atom is -0.352 e. The van der Waals surface area contributed by atoms with Crippen molar-refractivity contribution in [3.05, 3.63) is 19.5 Å². The zero-order valence-electron chi connectivity index (χ0n) is 9.74. The maximum atomic E-state index is 11.7. The molecule has 1 rings (SSSR count). The van der Waals surface area contributed by atoms with Crippen molar-refractivity contribution in [1.29, 1.82) is 5.26 Å². The van der Waals surface area contributed by atoms with Gasteiger partial charge in [0, 0.05) is 13.1 Å². The molecule has 0 radical (unpaired) electrons. The van der Waals surface area contributed by atoms with Gasteiger partial charge in [0.1, 0.15) is 10.7 Å². The highest BCUT2D eigenvalue weighted by atomic mass is 32.1. The summed E-state index contributed by atoms with van der Waals surface area (Å²) < 4.78 is 2.09. The molecule has 1 aromatic rings. The first-order valence-corrected chi connectivity index (χ1v) is 5.99. The molecule has 0 atom stereocenters. The third-order valence-corrected chi connectivity index (χ3v) is 3.19. The highest BCUT2D eigenvalue weighted by Gasteiger charge is 2.13. The second-order valence-electron chi connectivity index (χ2n) is 3.23. The summed E-state index contributed by atoms with van der Waals surface area (Å²) in [6, 6.07) is 1.85. The van der Waals surface area contributed by atoms with Crippen molar-refractivity contribution in [2.24, 2.45) is 0 Å². The molecule has 0 saturated carbocycles. The number of amides is 1. The van der Waals surface area contributed by atoms with E-state index in [9.17, 15) is 9.59 Å². The number of rotatable bonds is 3. The van der Waals surface area contributed by atoms with E-state index in [1.807, 2.05) is 6.07 Å². The second-order valence-corrected chi connectivity index (χ2v) is 4.31. The molecule has 1 heterocycles. The predicted octanol–water partition coefficient (Wildman–Crippen LogP) is -0.850. The Bertz CT molecular complexity index is 633. The van der Waals surface area contributed by atoms with Gasteiger partial charge in [-0.2, -0.15) is 5.26 Å². The SMILES string of the molecule is C=c1s/c(=C(/C#N)C(=O)NCC)n(CC)c1=O. The summed E-state index contributed by atoms with van der Waals surface area (Å²) in [7, 11) is 0. The van der Waals surface area contributed by atoms with Crippen LogP contribution in [0, 0.1) is 11.3 Å². The fourth-order valence-corrected chi connectivity index (χ4v) is 2.37. The molecule has 0 aromatic carbocycles.